The van der Waals surface area contributed by atoms with Crippen LogP contribution in [0.5, 0.6) is 5.75 Å². The Morgan fingerprint density at radius 2 is 1.66 bits per heavy atom. The van der Waals surface area contributed by atoms with Gasteiger partial charge < -0.3 is 14.6 Å². The van der Waals surface area contributed by atoms with E-state index in [1.54, 1.807) is 24.3 Å². The molecule has 196 valence electrons. The number of aliphatic hydroxyl groups is 1. The van der Waals surface area contributed by atoms with E-state index in [1.807, 2.05) is 26.0 Å². The number of carbonyl (C=O) groups excluding carboxylic acids is 3. The highest BCUT2D eigenvalue weighted by Gasteiger charge is 2.47. The Bertz CT molecular complexity index is 1420. The largest absolute Gasteiger partial charge is 0.507 e. The van der Waals surface area contributed by atoms with Crippen molar-refractivity contribution in [1.82, 2.24) is 0 Å². The molecule has 7 nitrogen and oxygen atoms in total. The van der Waals surface area contributed by atoms with Crippen LogP contribution in [0, 0.1) is 6.92 Å². The standard InChI is InChI=1S/C29H25Cl2NO6/c1-4-12-38-29(36)17-8-10-20(11-9-17)32-24(18-7-5-6-16(2)13-18)23(26(34)28(32)35)25(33)19-14-21(30)27(37-3)22(31)15-19/h5-11,13-15,24,33H,4,12H2,1-3H3/b25-23+. The number of ether oxygens (including phenoxy) is 2. The van der Waals surface area contributed by atoms with Crippen LogP contribution in [0.3, 0.4) is 0 Å². The number of nitrogens with zero attached hydrogens (tertiary/aromatic N) is 1. The van der Waals surface area contributed by atoms with E-state index in [9.17, 15) is 19.5 Å². The average Bonchev–Trinajstić information content (AvgIpc) is 3.16. The molecule has 1 aliphatic rings. The lowest BCUT2D eigenvalue weighted by Gasteiger charge is -2.26. The lowest BCUT2D eigenvalue weighted by molar-refractivity contribution is -0.132. The van der Waals surface area contributed by atoms with Crippen molar-refractivity contribution in [3.8, 4) is 5.75 Å². The number of esters is 1. The lowest BCUT2D eigenvalue weighted by atomic mass is 9.94. The number of carbonyl (C=O) groups is 3. The second-order valence-electron chi connectivity index (χ2n) is 8.74. The molecule has 1 amide bonds. The van der Waals surface area contributed by atoms with Gasteiger partial charge in [0.05, 0.1) is 40.9 Å². The van der Waals surface area contributed by atoms with E-state index >= 15 is 0 Å². The van der Waals surface area contributed by atoms with Crippen molar-refractivity contribution in [2.24, 2.45) is 0 Å². The van der Waals surface area contributed by atoms with E-state index in [2.05, 4.69) is 0 Å². The number of aryl methyl sites for hydroxylation is 1. The summed E-state index contributed by atoms with van der Waals surface area (Å²) in [6.07, 6.45) is 0.690. The molecule has 3 aromatic carbocycles. The maximum absolute atomic E-state index is 13.4. The first-order valence-corrected chi connectivity index (χ1v) is 12.6. The number of Topliss-reactive ketones (excluding diaryl/α,β-unsaturated/α-hetero) is 1. The predicted molar refractivity (Wildman–Crippen MR) is 146 cm³/mol. The highest BCUT2D eigenvalue weighted by atomic mass is 35.5. The Balaban J connectivity index is 1.86. The van der Waals surface area contributed by atoms with Crippen molar-refractivity contribution in [2.75, 3.05) is 18.6 Å². The fourth-order valence-electron chi connectivity index (χ4n) is 4.34. The number of hydrogen-bond acceptors (Lipinski definition) is 6. The van der Waals surface area contributed by atoms with Gasteiger partial charge in [-0.3, -0.25) is 14.5 Å². The second kappa shape index (κ2) is 11.3. The van der Waals surface area contributed by atoms with E-state index < -0.39 is 29.5 Å². The number of anilines is 1. The molecule has 1 saturated heterocycles. The summed E-state index contributed by atoms with van der Waals surface area (Å²) in [5.41, 5.74) is 2.24. The summed E-state index contributed by atoms with van der Waals surface area (Å²) >= 11 is 12.6. The number of amides is 1. The van der Waals surface area contributed by atoms with Crippen molar-refractivity contribution in [3.63, 3.8) is 0 Å². The fraction of sp³-hybridized carbons (Fsp3) is 0.207. The smallest absolute Gasteiger partial charge is 0.338 e. The molecule has 38 heavy (non-hydrogen) atoms. The highest BCUT2D eigenvalue weighted by molar-refractivity contribution is 6.51. The quantitative estimate of drug-likeness (QED) is 0.155. The third kappa shape index (κ3) is 5.12. The number of benzene rings is 3. The minimum Gasteiger partial charge on any atom is -0.507 e. The maximum atomic E-state index is 13.4. The van der Waals surface area contributed by atoms with Gasteiger partial charge in [0.1, 0.15) is 5.76 Å². The highest BCUT2D eigenvalue weighted by Crippen LogP contribution is 2.44. The Labute approximate surface area is 230 Å². The first kappa shape index (κ1) is 27.2. The predicted octanol–water partition coefficient (Wildman–Crippen LogP) is 6.50. The number of aliphatic hydroxyl groups excluding tert-OH is 1. The molecule has 4 rings (SSSR count). The fourth-order valence-corrected chi connectivity index (χ4v) is 4.98. The second-order valence-corrected chi connectivity index (χ2v) is 9.55. The zero-order chi connectivity index (χ0) is 27.6. The van der Waals surface area contributed by atoms with Gasteiger partial charge in [-0.05, 0) is 55.3 Å². The van der Waals surface area contributed by atoms with Gasteiger partial charge in [-0.15, -0.1) is 0 Å². The Hall–Kier alpha value is -3.81. The van der Waals surface area contributed by atoms with Crippen LogP contribution in [0.1, 0.15) is 46.4 Å². The average molecular weight is 554 g/mol. The van der Waals surface area contributed by atoms with Crippen LogP contribution in [-0.2, 0) is 14.3 Å². The first-order valence-electron chi connectivity index (χ1n) is 11.9. The molecule has 0 aromatic heterocycles. The molecule has 1 aliphatic heterocycles. The summed E-state index contributed by atoms with van der Waals surface area (Å²) in [5.74, 6) is -2.39. The van der Waals surface area contributed by atoms with Crippen LogP contribution in [0.2, 0.25) is 10.0 Å². The molecule has 1 fully saturated rings. The maximum Gasteiger partial charge on any atom is 0.338 e. The summed E-state index contributed by atoms with van der Waals surface area (Å²) in [5, 5.41) is 11.6. The molecular formula is C29H25Cl2NO6. The minimum atomic E-state index is -0.951. The zero-order valence-corrected chi connectivity index (χ0v) is 22.5. The molecule has 0 radical (unpaired) electrons. The minimum absolute atomic E-state index is 0.121. The van der Waals surface area contributed by atoms with Crippen LogP contribution >= 0.6 is 23.2 Å². The molecule has 1 atom stereocenters. The number of ketones is 1. The van der Waals surface area contributed by atoms with Gasteiger partial charge in [-0.2, -0.15) is 0 Å². The monoisotopic (exact) mass is 553 g/mol. The van der Waals surface area contributed by atoms with Crippen molar-refractivity contribution in [2.45, 2.75) is 26.3 Å². The molecule has 1 heterocycles. The summed E-state index contributed by atoms with van der Waals surface area (Å²) in [6.45, 7) is 4.07. The molecule has 0 spiro atoms. The molecule has 0 saturated carbocycles. The van der Waals surface area contributed by atoms with E-state index in [-0.39, 0.29) is 26.9 Å². The summed E-state index contributed by atoms with van der Waals surface area (Å²) in [6, 6.07) is 15.4. The first-order chi connectivity index (χ1) is 18.2. The van der Waals surface area contributed by atoms with Gasteiger partial charge in [0.25, 0.3) is 11.7 Å². The summed E-state index contributed by atoms with van der Waals surface area (Å²) < 4.78 is 10.3. The van der Waals surface area contributed by atoms with Crippen molar-refractivity contribution >= 4 is 52.3 Å². The Morgan fingerprint density at radius 1 is 1.00 bits per heavy atom. The van der Waals surface area contributed by atoms with Crippen molar-refractivity contribution < 1.29 is 29.0 Å². The molecular weight excluding hydrogens is 529 g/mol. The zero-order valence-electron chi connectivity index (χ0n) is 21.0. The molecule has 9 heteroatoms. The van der Waals surface area contributed by atoms with E-state index in [1.165, 1.54) is 36.3 Å². The van der Waals surface area contributed by atoms with Crippen molar-refractivity contribution in [1.29, 1.82) is 0 Å². The van der Waals surface area contributed by atoms with Crippen LogP contribution < -0.4 is 9.64 Å². The Morgan fingerprint density at radius 3 is 2.24 bits per heavy atom. The molecule has 1 N–H and O–H groups in total. The molecule has 1 unspecified atom stereocenters. The van der Waals surface area contributed by atoms with Crippen LogP contribution in [-0.4, -0.2) is 36.5 Å². The van der Waals surface area contributed by atoms with Gasteiger partial charge in [0, 0.05) is 11.3 Å². The van der Waals surface area contributed by atoms with Crippen LogP contribution in [0.4, 0.5) is 5.69 Å². The summed E-state index contributed by atoms with van der Waals surface area (Å²) in [7, 11) is 1.41. The van der Waals surface area contributed by atoms with Crippen LogP contribution in [0.15, 0.2) is 66.2 Å². The van der Waals surface area contributed by atoms with E-state index in [4.69, 9.17) is 32.7 Å². The van der Waals surface area contributed by atoms with Gasteiger partial charge in [0.15, 0.2) is 5.75 Å². The van der Waals surface area contributed by atoms with Crippen molar-refractivity contribution in [3.05, 3.63) is 98.5 Å². The van der Waals surface area contributed by atoms with E-state index in [0.717, 1.165) is 5.56 Å². The third-order valence-electron chi connectivity index (χ3n) is 6.10. The molecule has 0 aliphatic carbocycles. The molecule has 0 bridgehead atoms. The third-order valence-corrected chi connectivity index (χ3v) is 6.66. The number of halogens is 2. The molecule has 3 aromatic rings. The summed E-state index contributed by atoms with van der Waals surface area (Å²) in [4.78, 5) is 40.3. The Kier molecular flexibility index (Phi) is 8.09. The number of rotatable bonds is 7. The normalized spacial score (nSPS) is 16.6. The van der Waals surface area contributed by atoms with E-state index in [0.29, 0.717) is 29.8 Å². The van der Waals surface area contributed by atoms with Gasteiger partial charge >= 0.3 is 5.97 Å². The van der Waals surface area contributed by atoms with Gasteiger partial charge in [-0.1, -0.05) is 60.0 Å². The number of hydrogen-bond donors (Lipinski definition) is 1. The SMILES string of the molecule is CCCOC(=O)c1ccc(N2C(=O)C(=O)/C(=C(/O)c3cc(Cl)c(OC)c(Cl)c3)C2c2cccc(C)c2)cc1. The lowest BCUT2D eigenvalue weighted by Crippen LogP contribution is -2.29. The van der Waals surface area contributed by atoms with Crippen LogP contribution in [0.25, 0.3) is 5.76 Å². The topological polar surface area (TPSA) is 93.1 Å². The van der Waals surface area contributed by atoms with Gasteiger partial charge in [-0.25, -0.2) is 4.79 Å². The number of methoxy groups -OCH3 is 1. The van der Waals surface area contributed by atoms with Gasteiger partial charge in [0.2, 0.25) is 0 Å².